The number of nitrogens with one attached hydrogen (secondary N) is 1. The first kappa shape index (κ1) is 21.6. The molecule has 0 aliphatic rings. The van der Waals surface area contributed by atoms with Crippen LogP contribution < -0.4 is 9.62 Å². The highest BCUT2D eigenvalue weighted by molar-refractivity contribution is 7.92. The molecule has 0 aliphatic heterocycles. The summed E-state index contributed by atoms with van der Waals surface area (Å²) in [5.74, 6) is -0.169. The van der Waals surface area contributed by atoms with Crippen LogP contribution in [0.25, 0.3) is 0 Å². The number of hydrogen-bond donors (Lipinski definition) is 1. The van der Waals surface area contributed by atoms with Gasteiger partial charge in [-0.2, -0.15) is 0 Å². The maximum atomic E-state index is 12.6. The molecule has 3 rings (SSSR count). The second-order valence-electron chi connectivity index (χ2n) is 7.41. The number of hydrogen-bond acceptors (Lipinski definition) is 3. The fraction of sp³-hybridized carbons (Fsp3) is 0.208. The van der Waals surface area contributed by atoms with E-state index < -0.39 is 10.0 Å². The molecule has 0 radical (unpaired) electrons. The number of amides is 1. The molecule has 0 aromatic heterocycles. The van der Waals surface area contributed by atoms with Crippen molar-refractivity contribution in [2.75, 3.05) is 10.6 Å². The second-order valence-corrected chi connectivity index (χ2v) is 9.31. The third-order valence-corrected chi connectivity index (χ3v) is 6.05. The lowest BCUT2D eigenvalue weighted by atomic mass is 10.1. The average Bonchev–Trinajstić information content (AvgIpc) is 2.72. The molecule has 3 aromatic rings. The Labute approximate surface area is 178 Å². The van der Waals surface area contributed by atoms with Gasteiger partial charge in [0, 0.05) is 5.56 Å². The van der Waals surface area contributed by atoms with Gasteiger partial charge in [0.1, 0.15) is 0 Å². The van der Waals surface area contributed by atoms with Gasteiger partial charge in [-0.25, -0.2) is 8.42 Å². The molecule has 0 bridgehead atoms. The fourth-order valence-electron chi connectivity index (χ4n) is 3.14. The molecule has 0 heterocycles. The van der Waals surface area contributed by atoms with E-state index in [4.69, 9.17) is 0 Å². The van der Waals surface area contributed by atoms with Crippen molar-refractivity contribution in [1.29, 1.82) is 0 Å². The highest BCUT2D eigenvalue weighted by atomic mass is 32.2. The Balaban J connectivity index is 1.70. The summed E-state index contributed by atoms with van der Waals surface area (Å²) in [5, 5.41) is 3.00. The lowest BCUT2D eigenvalue weighted by Gasteiger charge is -2.22. The minimum Gasteiger partial charge on any atom is -0.346 e. The van der Waals surface area contributed by atoms with Crippen LogP contribution in [-0.2, 0) is 16.6 Å². The SMILES string of the molecule is Cc1ccc(C(C)NC(=O)c2ccc(CN(c3ccccc3)S(C)(=O)=O)cc2)cc1. The van der Waals surface area contributed by atoms with Crippen LogP contribution in [0.15, 0.2) is 78.9 Å². The van der Waals surface area contributed by atoms with E-state index in [0.29, 0.717) is 11.3 Å². The van der Waals surface area contributed by atoms with E-state index in [2.05, 4.69) is 5.32 Å². The van der Waals surface area contributed by atoms with Gasteiger partial charge in [0.25, 0.3) is 5.91 Å². The van der Waals surface area contributed by atoms with Gasteiger partial charge < -0.3 is 5.32 Å². The van der Waals surface area contributed by atoms with Crippen molar-refractivity contribution < 1.29 is 13.2 Å². The Hall–Kier alpha value is -3.12. The van der Waals surface area contributed by atoms with E-state index in [-0.39, 0.29) is 18.5 Å². The third kappa shape index (κ3) is 5.48. The minimum absolute atomic E-state index is 0.114. The predicted molar refractivity (Wildman–Crippen MR) is 121 cm³/mol. The fourth-order valence-corrected chi connectivity index (χ4v) is 4.03. The molecular formula is C24H26N2O3S. The van der Waals surface area contributed by atoms with Gasteiger partial charge in [-0.1, -0.05) is 60.2 Å². The number of nitrogens with zero attached hydrogens (tertiary/aromatic N) is 1. The van der Waals surface area contributed by atoms with E-state index in [1.165, 1.54) is 16.1 Å². The van der Waals surface area contributed by atoms with Crippen LogP contribution in [0, 0.1) is 6.92 Å². The summed E-state index contributed by atoms with van der Waals surface area (Å²) in [7, 11) is -3.44. The molecule has 1 unspecified atom stereocenters. The number of para-hydroxylation sites is 1. The molecule has 30 heavy (non-hydrogen) atoms. The van der Waals surface area contributed by atoms with Crippen LogP contribution in [0.4, 0.5) is 5.69 Å². The Morgan fingerprint density at radius 3 is 2.10 bits per heavy atom. The standard InChI is InChI=1S/C24H26N2O3S/c1-18-9-13-21(14-10-18)19(2)25-24(27)22-15-11-20(12-16-22)17-26(30(3,28)29)23-7-5-4-6-8-23/h4-16,19H,17H2,1-3H3,(H,25,27). The first-order chi connectivity index (χ1) is 14.2. The normalized spacial score (nSPS) is 12.2. The molecule has 5 nitrogen and oxygen atoms in total. The maximum absolute atomic E-state index is 12.6. The highest BCUT2D eigenvalue weighted by Gasteiger charge is 2.18. The quantitative estimate of drug-likeness (QED) is 0.612. The minimum atomic E-state index is -3.44. The van der Waals surface area contributed by atoms with Crippen molar-refractivity contribution >= 4 is 21.6 Å². The zero-order valence-corrected chi connectivity index (χ0v) is 18.2. The number of carbonyl (C=O) groups is 1. The predicted octanol–water partition coefficient (Wildman–Crippen LogP) is 4.45. The van der Waals surface area contributed by atoms with Gasteiger partial charge in [-0.15, -0.1) is 0 Å². The summed E-state index contributed by atoms with van der Waals surface area (Å²) < 4.78 is 25.8. The average molecular weight is 423 g/mol. The lowest BCUT2D eigenvalue weighted by Crippen LogP contribution is -2.29. The van der Waals surface area contributed by atoms with E-state index in [1.807, 2.05) is 44.2 Å². The number of anilines is 1. The number of carbonyl (C=O) groups excluding carboxylic acids is 1. The Bertz CT molecular complexity index is 1090. The summed E-state index contributed by atoms with van der Waals surface area (Å²) in [6.45, 7) is 4.17. The molecule has 0 saturated carbocycles. The third-order valence-electron chi connectivity index (χ3n) is 4.91. The topological polar surface area (TPSA) is 66.5 Å². The van der Waals surface area contributed by atoms with Crippen LogP contribution in [0.1, 0.15) is 40.0 Å². The Morgan fingerprint density at radius 1 is 0.933 bits per heavy atom. The number of aryl methyl sites for hydroxylation is 1. The van der Waals surface area contributed by atoms with E-state index >= 15 is 0 Å². The first-order valence-corrected chi connectivity index (χ1v) is 11.6. The summed E-state index contributed by atoms with van der Waals surface area (Å²) in [6.07, 6.45) is 1.19. The van der Waals surface area contributed by atoms with Gasteiger partial charge >= 0.3 is 0 Å². The molecule has 0 fully saturated rings. The summed E-state index contributed by atoms with van der Waals surface area (Å²) >= 11 is 0. The lowest BCUT2D eigenvalue weighted by molar-refractivity contribution is 0.0940. The first-order valence-electron chi connectivity index (χ1n) is 9.73. The summed E-state index contributed by atoms with van der Waals surface area (Å²) in [4.78, 5) is 12.6. The monoisotopic (exact) mass is 422 g/mol. The van der Waals surface area contributed by atoms with Crippen molar-refractivity contribution in [1.82, 2.24) is 5.32 Å². The van der Waals surface area contributed by atoms with Gasteiger partial charge in [0.05, 0.1) is 24.5 Å². The van der Waals surface area contributed by atoms with Crippen molar-refractivity contribution in [3.05, 3.63) is 101 Å². The van der Waals surface area contributed by atoms with Crippen LogP contribution in [0.5, 0.6) is 0 Å². The van der Waals surface area contributed by atoms with Crippen molar-refractivity contribution in [3.8, 4) is 0 Å². The zero-order chi connectivity index (χ0) is 21.7. The maximum Gasteiger partial charge on any atom is 0.251 e. The molecule has 6 heteroatoms. The highest BCUT2D eigenvalue weighted by Crippen LogP contribution is 2.20. The van der Waals surface area contributed by atoms with Crippen LogP contribution in [0.3, 0.4) is 0 Å². The number of sulfonamides is 1. The summed E-state index contributed by atoms with van der Waals surface area (Å²) in [6, 6.07) is 23.9. The molecule has 1 atom stereocenters. The van der Waals surface area contributed by atoms with Crippen molar-refractivity contribution in [2.45, 2.75) is 26.4 Å². The van der Waals surface area contributed by atoms with E-state index in [9.17, 15) is 13.2 Å². The zero-order valence-electron chi connectivity index (χ0n) is 17.4. The van der Waals surface area contributed by atoms with Crippen LogP contribution >= 0.6 is 0 Å². The molecular weight excluding hydrogens is 396 g/mol. The Kier molecular flexibility index (Phi) is 6.57. The van der Waals surface area contributed by atoms with E-state index in [0.717, 1.165) is 11.1 Å². The molecule has 1 amide bonds. The van der Waals surface area contributed by atoms with Gasteiger partial charge in [-0.3, -0.25) is 9.10 Å². The Morgan fingerprint density at radius 2 is 1.53 bits per heavy atom. The van der Waals surface area contributed by atoms with Gasteiger partial charge in [-0.05, 0) is 49.2 Å². The molecule has 0 aliphatic carbocycles. The smallest absolute Gasteiger partial charge is 0.251 e. The van der Waals surface area contributed by atoms with Gasteiger partial charge in [0.2, 0.25) is 10.0 Å². The van der Waals surface area contributed by atoms with E-state index in [1.54, 1.807) is 48.5 Å². The number of rotatable bonds is 7. The molecule has 0 saturated heterocycles. The van der Waals surface area contributed by atoms with Gasteiger partial charge in [0.15, 0.2) is 0 Å². The molecule has 1 N–H and O–H groups in total. The van der Waals surface area contributed by atoms with Crippen molar-refractivity contribution in [2.24, 2.45) is 0 Å². The van der Waals surface area contributed by atoms with Crippen LogP contribution in [0.2, 0.25) is 0 Å². The summed E-state index contributed by atoms with van der Waals surface area (Å²) in [5.41, 5.74) is 4.15. The molecule has 156 valence electrons. The second kappa shape index (κ2) is 9.13. The number of benzene rings is 3. The molecule has 0 spiro atoms. The van der Waals surface area contributed by atoms with Crippen molar-refractivity contribution in [3.63, 3.8) is 0 Å². The largest absolute Gasteiger partial charge is 0.346 e. The van der Waals surface area contributed by atoms with Crippen LogP contribution in [-0.4, -0.2) is 20.6 Å². The molecule has 3 aromatic carbocycles.